The molecule has 1 aromatic carbocycles. The van der Waals surface area contributed by atoms with Crippen molar-refractivity contribution in [1.29, 1.82) is 0 Å². The Balaban J connectivity index is 2.00. The summed E-state index contributed by atoms with van der Waals surface area (Å²) in [4.78, 5) is 23.4. The first kappa shape index (κ1) is 22.8. The molecule has 0 spiro atoms. The van der Waals surface area contributed by atoms with Gasteiger partial charge in [-0.2, -0.15) is 18.2 Å². The predicted octanol–water partition coefficient (Wildman–Crippen LogP) is 4.96. The molecule has 168 valence electrons. The molecule has 0 aliphatic heterocycles. The van der Waals surface area contributed by atoms with Gasteiger partial charge in [-0.1, -0.05) is 6.07 Å². The molecule has 0 fully saturated rings. The van der Waals surface area contributed by atoms with E-state index in [0.29, 0.717) is 23.5 Å². The summed E-state index contributed by atoms with van der Waals surface area (Å²) >= 11 is 0. The van der Waals surface area contributed by atoms with E-state index in [9.17, 15) is 18.0 Å². The SMILES string of the molecule is COc1cc(C)c(Nc2ncc(C(F)(F)F)c(Nc3ccc(C)cc3NC(C)=O)n2)cn1. The number of hydrogen-bond acceptors (Lipinski definition) is 7. The normalized spacial score (nSPS) is 11.1. The highest BCUT2D eigenvalue weighted by atomic mass is 19.4. The van der Waals surface area contributed by atoms with Crippen LogP contribution in [0.3, 0.4) is 0 Å². The number of alkyl halides is 3. The highest BCUT2D eigenvalue weighted by molar-refractivity contribution is 5.93. The Morgan fingerprint density at radius 1 is 1.00 bits per heavy atom. The largest absolute Gasteiger partial charge is 0.481 e. The van der Waals surface area contributed by atoms with E-state index < -0.39 is 17.6 Å². The molecule has 32 heavy (non-hydrogen) atoms. The molecule has 2 heterocycles. The maximum absolute atomic E-state index is 13.6. The zero-order valence-corrected chi connectivity index (χ0v) is 17.8. The molecule has 3 N–H and O–H groups in total. The average molecular weight is 446 g/mol. The third-order valence-corrected chi connectivity index (χ3v) is 4.37. The van der Waals surface area contributed by atoms with Gasteiger partial charge in [0.25, 0.3) is 0 Å². The second-order valence-corrected chi connectivity index (χ2v) is 6.98. The molecule has 0 radical (unpaired) electrons. The summed E-state index contributed by atoms with van der Waals surface area (Å²) in [6.45, 7) is 4.89. The molecule has 2 aromatic heterocycles. The van der Waals surface area contributed by atoms with Crippen molar-refractivity contribution >= 4 is 34.7 Å². The number of aryl methyl sites for hydroxylation is 2. The third-order valence-electron chi connectivity index (χ3n) is 4.37. The Bertz CT molecular complexity index is 1150. The molecule has 3 rings (SSSR count). The van der Waals surface area contributed by atoms with Crippen LogP contribution in [0.1, 0.15) is 23.6 Å². The van der Waals surface area contributed by atoms with Gasteiger partial charge < -0.3 is 20.7 Å². The van der Waals surface area contributed by atoms with Crippen molar-refractivity contribution in [2.24, 2.45) is 0 Å². The molecule has 0 unspecified atom stereocenters. The molecule has 8 nitrogen and oxygen atoms in total. The van der Waals surface area contributed by atoms with Gasteiger partial charge in [0, 0.05) is 19.2 Å². The van der Waals surface area contributed by atoms with E-state index >= 15 is 0 Å². The summed E-state index contributed by atoms with van der Waals surface area (Å²) in [7, 11) is 1.48. The Morgan fingerprint density at radius 2 is 1.75 bits per heavy atom. The smallest absolute Gasteiger partial charge is 0.421 e. The molecule has 0 aliphatic rings. The molecule has 0 bridgehead atoms. The van der Waals surface area contributed by atoms with Crippen LogP contribution in [0.5, 0.6) is 5.88 Å². The van der Waals surface area contributed by atoms with Crippen LogP contribution in [-0.4, -0.2) is 28.0 Å². The lowest BCUT2D eigenvalue weighted by Gasteiger charge is -2.17. The summed E-state index contributed by atoms with van der Waals surface area (Å²) in [6.07, 6.45) is -2.54. The summed E-state index contributed by atoms with van der Waals surface area (Å²) in [5.41, 5.74) is 1.59. The van der Waals surface area contributed by atoms with E-state index in [1.165, 1.54) is 20.2 Å². The first-order valence-corrected chi connectivity index (χ1v) is 9.44. The van der Waals surface area contributed by atoms with Crippen LogP contribution >= 0.6 is 0 Å². The van der Waals surface area contributed by atoms with Crippen LogP contribution in [0.15, 0.2) is 36.7 Å². The van der Waals surface area contributed by atoms with E-state index in [1.807, 2.05) is 0 Å². The number of anilines is 5. The van der Waals surface area contributed by atoms with Crippen LogP contribution in [0, 0.1) is 13.8 Å². The average Bonchev–Trinajstić information content (AvgIpc) is 2.70. The number of carbonyl (C=O) groups excluding carboxylic acids is 1. The van der Waals surface area contributed by atoms with E-state index in [-0.39, 0.29) is 17.5 Å². The zero-order chi connectivity index (χ0) is 23.5. The molecular weight excluding hydrogens is 425 g/mol. The number of nitrogens with zero attached hydrogens (tertiary/aromatic N) is 3. The number of pyridine rings is 1. The van der Waals surface area contributed by atoms with Crippen LogP contribution in [0.2, 0.25) is 0 Å². The number of benzene rings is 1. The first-order chi connectivity index (χ1) is 15.1. The molecular formula is C21H21F3N6O2. The number of halogens is 3. The molecule has 0 atom stereocenters. The van der Waals surface area contributed by atoms with Crippen LogP contribution in [0.4, 0.5) is 42.0 Å². The van der Waals surface area contributed by atoms with Gasteiger partial charge in [0.15, 0.2) is 0 Å². The van der Waals surface area contributed by atoms with Gasteiger partial charge in [0.05, 0.1) is 30.4 Å². The molecule has 0 aliphatic carbocycles. The van der Waals surface area contributed by atoms with Gasteiger partial charge in [-0.05, 0) is 37.1 Å². The Morgan fingerprint density at radius 3 is 2.38 bits per heavy atom. The fourth-order valence-electron chi connectivity index (χ4n) is 2.83. The topological polar surface area (TPSA) is 101 Å². The minimum absolute atomic E-state index is 0.0660. The predicted molar refractivity (Wildman–Crippen MR) is 115 cm³/mol. The highest BCUT2D eigenvalue weighted by Gasteiger charge is 2.35. The lowest BCUT2D eigenvalue weighted by Crippen LogP contribution is -2.14. The summed E-state index contributed by atoms with van der Waals surface area (Å²) in [5.74, 6) is -0.496. The number of amides is 1. The summed E-state index contributed by atoms with van der Waals surface area (Å²) in [6, 6.07) is 6.57. The van der Waals surface area contributed by atoms with E-state index in [4.69, 9.17) is 4.74 Å². The van der Waals surface area contributed by atoms with Crippen molar-refractivity contribution in [1.82, 2.24) is 15.0 Å². The number of ether oxygens (including phenoxy) is 1. The van der Waals surface area contributed by atoms with E-state index in [0.717, 1.165) is 11.1 Å². The second-order valence-electron chi connectivity index (χ2n) is 6.98. The summed E-state index contributed by atoms with van der Waals surface area (Å²) in [5, 5.41) is 8.15. The van der Waals surface area contributed by atoms with Crippen molar-refractivity contribution in [3.8, 4) is 5.88 Å². The van der Waals surface area contributed by atoms with Crippen LogP contribution < -0.4 is 20.7 Å². The fraction of sp³-hybridized carbons (Fsp3) is 0.238. The first-order valence-electron chi connectivity index (χ1n) is 9.44. The third kappa shape index (κ3) is 5.42. The Labute approximate surface area is 182 Å². The van der Waals surface area contributed by atoms with Gasteiger partial charge in [-0.3, -0.25) is 4.79 Å². The zero-order valence-electron chi connectivity index (χ0n) is 17.8. The van der Waals surface area contributed by atoms with Gasteiger partial charge in [0.2, 0.25) is 17.7 Å². The summed E-state index contributed by atoms with van der Waals surface area (Å²) < 4.78 is 45.8. The van der Waals surface area contributed by atoms with Crippen molar-refractivity contribution in [2.75, 3.05) is 23.1 Å². The number of nitrogens with one attached hydrogen (secondary N) is 3. The number of aromatic nitrogens is 3. The number of rotatable bonds is 6. The molecule has 0 saturated carbocycles. The lowest BCUT2D eigenvalue weighted by atomic mass is 10.1. The quantitative estimate of drug-likeness (QED) is 0.492. The van der Waals surface area contributed by atoms with E-state index in [1.54, 1.807) is 38.1 Å². The van der Waals surface area contributed by atoms with Crippen LogP contribution in [0.25, 0.3) is 0 Å². The molecule has 3 aromatic rings. The maximum atomic E-state index is 13.6. The molecule has 1 amide bonds. The number of methoxy groups -OCH3 is 1. The minimum Gasteiger partial charge on any atom is -0.481 e. The number of carbonyl (C=O) groups is 1. The standard InChI is InChI=1S/C21H21F3N6O2/c1-11-5-6-15(16(7-11)27-13(3)31)28-19-14(21(22,23)24)9-26-20(30-19)29-17-10-25-18(32-4)8-12(17)2/h5-10H,1-4H3,(H,27,31)(H2,26,28,29,30). The fourth-order valence-corrected chi connectivity index (χ4v) is 2.83. The lowest BCUT2D eigenvalue weighted by molar-refractivity contribution is -0.137. The minimum atomic E-state index is -4.70. The van der Waals surface area contributed by atoms with Gasteiger partial charge in [-0.15, -0.1) is 0 Å². The maximum Gasteiger partial charge on any atom is 0.421 e. The molecule has 0 saturated heterocycles. The van der Waals surface area contributed by atoms with Gasteiger partial charge in [-0.25, -0.2) is 9.97 Å². The van der Waals surface area contributed by atoms with Crippen LogP contribution in [-0.2, 0) is 11.0 Å². The van der Waals surface area contributed by atoms with E-state index in [2.05, 4.69) is 30.9 Å². The van der Waals surface area contributed by atoms with Crippen molar-refractivity contribution in [3.05, 3.63) is 53.3 Å². The van der Waals surface area contributed by atoms with Gasteiger partial charge >= 0.3 is 6.18 Å². The highest BCUT2D eigenvalue weighted by Crippen LogP contribution is 2.37. The monoisotopic (exact) mass is 446 g/mol. The number of hydrogen-bond donors (Lipinski definition) is 3. The second kappa shape index (κ2) is 9.08. The Hall–Kier alpha value is -3.89. The Kier molecular flexibility index (Phi) is 6.47. The molecule has 11 heteroatoms. The van der Waals surface area contributed by atoms with Gasteiger partial charge in [0.1, 0.15) is 11.4 Å². The van der Waals surface area contributed by atoms with Crippen molar-refractivity contribution < 1.29 is 22.7 Å². The van der Waals surface area contributed by atoms with Crippen molar-refractivity contribution in [3.63, 3.8) is 0 Å². The van der Waals surface area contributed by atoms with Crippen molar-refractivity contribution in [2.45, 2.75) is 26.9 Å².